The second-order valence-corrected chi connectivity index (χ2v) is 7.93. The van der Waals surface area contributed by atoms with Crippen LogP contribution in [-0.4, -0.2) is 15.7 Å². The van der Waals surface area contributed by atoms with E-state index in [2.05, 4.69) is 52.1 Å². The summed E-state index contributed by atoms with van der Waals surface area (Å²) in [7, 11) is 4.59. The predicted molar refractivity (Wildman–Crippen MR) is 103 cm³/mol. The van der Waals surface area contributed by atoms with Crippen molar-refractivity contribution in [3.05, 3.63) is 42.0 Å². The van der Waals surface area contributed by atoms with E-state index in [0.29, 0.717) is 0 Å². The first-order valence-electron chi connectivity index (χ1n) is 9.45. The van der Waals surface area contributed by atoms with Gasteiger partial charge in [-0.1, -0.05) is 60.5 Å². The SMILES string of the molecule is Bc1ccc(C2CCC(C=CC3CCC(B)CC3)CC2)cc1. The minimum atomic E-state index is 0.806. The van der Waals surface area contributed by atoms with E-state index in [1.165, 1.54) is 56.8 Å². The summed E-state index contributed by atoms with van der Waals surface area (Å²) < 4.78 is 0. The maximum absolute atomic E-state index is 2.58. The Labute approximate surface area is 138 Å². The average Bonchev–Trinajstić information content (AvgIpc) is 2.56. The molecule has 0 N–H and O–H groups in total. The lowest BCUT2D eigenvalue weighted by atomic mass is 9.71. The first-order chi connectivity index (χ1) is 10.7. The molecule has 116 valence electrons. The molecule has 1 aromatic carbocycles. The Morgan fingerprint density at radius 3 is 1.77 bits per heavy atom. The summed E-state index contributed by atoms with van der Waals surface area (Å²) >= 11 is 0. The van der Waals surface area contributed by atoms with Gasteiger partial charge in [0.05, 0.1) is 0 Å². The lowest BCUT2D eigenvalue weighted by Gasteiger charge is -2.28. The van der Waals surface area contributed by atoms with Crippen molar-refractivity contribution in [2.75, 3.05) is 0 Å². The second kappa shape index (κ2) is 7.57. The Bertz CT molecular complexity index is 475. The van der Waals surface area contributed by atoms with Crippen molar-refractivity contribution in [3.63, 3.8) is 0 Å². The van der Waals surface area contributed by atoms with Gasteiger partial charge in [0, 0.05) is 0 Å². The molecule has 0 radical (unpaired) electrons. The van der Waals surface area contributed by atoms with Crippen LogP contribution in [0.4, 0.5) is 0 Å². The molecule has 0 heterocycles. The number of allylic oxidation sites excluding steroid dienone is 2. The van der Waals surface area contributed by atoms with E-state index < -0.39 is 0 Å². The number of hydrogen-bond donors (Lipinski definition) is 0. The van der Waals surface area contributed by atoms with Gasteiger partial charge in [0.2, 0.25) is 0 Å². The van der Waals surface area contributed by atoms with Crippen molar-refractivity contribution in [1.82, 2.24) is 0 Å². The molecule has 22 heavy (non-hydrogen) atoms. The van der Waals surface area contributed by atoms with Crippen LogP contribution in [0.25, 0.3) is 0 Å². The Morgan fingerprint density at radius 2 is 1.23 bits per heavy atom. The fraction of sp³-hybridized carbons (Fsp3) is 0.600. The largest absolute Gasteiger partial charge is 0.139 e. The molecular weight excluding hydrogens is 262 g/mol. The minimum absolute atomic E-state index is 0.806. The molecule has 0 amide bonds. The van der Waals surface area contributed by atoms with Crippen molar-refractivity contribution in [1.29, 1.82) is 0 Å². The zero-order chi connectivity index (χ0) is 15.4. The van der Waals surface area contributed by atoms with Gasteiger partial charge in [0.25, 0.3) is 0 Å². The zero-order valence-corrected chi connectivity index (χ0v) is 14.4. The van der Waals surface area contributed by atoms with E-state index in [4.69, 9.17) is 0 Å². The Morgan fingerprint density at radius 1 is 0.727 bits per heavy atom. The van der Waals surface area contributed by atoms with Crippen LogP contribution in [0, 0.1) is 11.8 Å². The van der Waals surface area contributed by atoms with Crippen molar-refractivity contribution in [2.24, 2.45) is 11.8 Å². The Balaban J connectivity index is 1.46. The van der Waals surface area contributed by atoms with Crippen LogP contribution in [0.5, 0.6) is 0 Å². The molecule has 3 rings (SSSR count). The number of hydrogen-bond acceptors (Lipinski definition) is 0. The van der Waals surface area contributed by atoms with Gasteiger partial charge in [0.15, 0.2) is 0 Å². The highest BCUT2D eigenvalue weighted by atomic mass is 14.3. The van der Waals surface area contributed by atoms with Crippen molar-refractivity contribution >= 4 is 21.2 Å². The van der Waals surface area contributed by atoms with Crippen LogP contribution >= 0.6 is 0 Å². The third-order valence-corrected chi connectivity index (χ3v) is 6.04. The normalized spacial score (nSPS) is 33.1. The van der Waals surface area contributed by atoms with Gasteiger partial charge >= 0.3 is 0 Å². The van der Waals surface area contributed by atoms with E-state index in [0.717, 1.165) is 23.6 Å². The molecule has 0 atom stereocenters. The van der Waals surface area contributed by atoms with Gasteiger partial charge in [-0.15, -0.1) is 0 Å². The maximum atomic E-state index is 2.58. The third-order valence-electron chi connectivity index (χ3n) is 6.04. The summed E-state index contributed by atoms with van der Waals surface area (Å²) in [6, 6.07) is 9.23. The number of rotatable bonds is 3. The standard InChI is InChI=1S/C20H30B2/c21-19-11-5-16(6-12-19)2-1-15-3-7-17(8-4-15)18-9-13-20(22)14-10-18/h1-2,9-10,13-17,19H,3-8,11-12,21-22H2. The van der Waals surface area contributed by atoms with E-state index in [1.807, 2.05) is 0 Å². The van der Waals surface area contributed by atoms with Crippen molar-refractivity contribution < 1.29 is 0 Å². The summed E-state index contributed by atoms with van der Waals surface area (Å²) in [4.78, 5) is 0. The fourth-order valence-corrected chi connectivity index (χ4v) is 4.28. The van der Waals surface area contributed by atoms with Crippen LogP contribution in [0.3, 0.4) is 0 Å². The lowest BCUT2D eigenvalue weighted by molar-refractivity contribution is 0.370. The highest BCUT2D eigenvalue weighted by Gasteiger charge is 2.21. The van der Waals surface area contributed by atoms with Crippen molar-refractivity contribution in [3.8, 4) is 0 Å². The number of benzene rings is 1. The lowest BCUT2D eigenvalue weighted by Crippen LogP contribution is -2.13. The Hall–Kier alpha value is -0.910. The topological polar surface area (TPSA) is 0 Å². The molecule has 0 aliphatic heterocycles. The molecule has 2 heteroatoms. The van der Waals surface area contributed by atoms with Crippen molar-refractivity contribution in [2.45, 2.75) is 63.1 Å². The van der Waals surface area contributed by atoms with Crippen LogP contribution in [0.1, 0.15) is 62.8 Å². The summed E-state index contributed by atoms with van der Waals surface area (Å²) in [5.41, 5.74) is 2.94. The summed E-state index contributed by atoms with van der Waals surface area (Å²) in [5.74, 6) is 3.50. The molecule has 0 nitrogen and oxygen atoms in total. The van der Waals surface area contributed by atoms with Gasteiger partial charge < -0.3 is 0 Å². The molecule has 0 aromatic heterocycles. The molecule has 0 spiro atoms. The first-order valence-corrected chi connectivity index (χ1v) is 9.45. The molecule has 0 unspecified atom stereocenters. The first kappa shape index (κ1) is 16.0. The maximum Gasteiger partial charge on any atom is 0.139 e. The van der Waals surface area contributed by atoms with Crippen LogP contribution in [0.15, 0.2) is 36.4 Å². The van der Waals surface area contributed by atoms with Crippen LogP contribution in [0.2, 0.25) is 5.82 Å². The van der Waals surface area contributed by atoms with Crippen LogP contribution in [-0.2, 0) is 0 Å². The molecule has 0 bridgehead atoms. The summed E-state index contributed by atoms with van der Waals surface area (Å²) in [5, 5.41) is 0. The molecule has 2 aliphatic carbocycles. The van der Waals surface area contributed by atoms with Gasteiger partial charge in [-0.3, -0.25) is 0 Å². The predicted octanol–water partition coefficient (Wildman–Crippen LogP) is 3.39. The highest BCUT2D eigenvalue weighted by Crippen LogP contribution is 2.37. The van der Waals surface area contributed by atoms with Gasteiger partial charge in [-0.25, -0.2) is 0 Å². The molecule has 2 saturated carbocycles. The van der Waals surface area contributed by atoms with E-state index in [-0.39, 0.29) is 0 Å². The minimum Gasteiger partial charge on any atom is -0.0889 e. The molecular formula is C20H30B2. The summed E-state index contributed by atoms with van der Waals surface area (Å²) in [6.07, 6.45) is 16.4. The second-order valence-electron chi connectivity index (χ2n) is 7.93. The van der Waals surface area contributed by atoms with Crippen LogP contribution < -0.4 is 5.46 Å². The third kappa shape index (κ3) is 4.31. The zero-order valence-electron chi connectivity index (χ0n) is 14.4. The highest BCUT2D eigenvalue weighted by molar-refractivity contribution is 6.32. The van der Waals surface area contributed by atoms with Gasteiger partial charge in [-0.2, -0.15) is 0 Å². The molecule has 2 aliphatic rings. The van der Waals surface area contributed by atoms with Gasteiger partial charge in [-0.05, 0) is 61.8 Å². The Kier molecular flexibility index (Phi) is 5.50. The smallest absolute Gasteiger partial charge is 0.0889 e. The molecule has 2 fully saturated rings. The molecule has 1 aromatic rings. The average molecular weight is 292 g/mol. The fourth-order valence-electron chi connectivity index (χ4n) is 4.28. The molecule has 0 saturated heterocycles. The summed E-state index contributed by atoms with van der Waals surface area (Å²) in [6.45, 7) is 0. The monoisotopic (exact) mass is 292 g/mol. The van der Waals surface area contributed by atoms with E-state index in [1.54, 1.807) is 5.56 Å². The van der Waals surface area contributed by atoms with E-state index >= 15 is 0 Å². The van der Waals surface area contributed by atoms with E-state index in [9.17, 15) is 0 Å². The van der Waals surface area contributed by atoms with Gasteiger partial charge in [0.1, 0.15) is 15.7 Å². The quantitative estimate of drug-likeness (QED) is 0.592.